The zero-order valence-corrected chi connectivity index (χ0v) is 13.0. The number of aromatic nitrogens is 1. The van der Waals surface area contributed by atoms with Crippen LogP contribution in [-0.2, 0) is 4.79 Å². The standard InChI is InChI=1S/C19H15NO4/c1-23-17-12-13(7-9-15(17)21)8-10-18(22)24-16-6-2-4-14-5-3-11-20-19(14)16/h2-12,21H,1H3/b10-8+. The van der Waals surface area contributed by atoms with Gasteiger partial charge >= 0.3 is 5.97 Å². The number of carbonyl (C=O) groups is 1. The Morgan fingerprint density at radius 1 is 1.12 bits per heavy atom. The molecule has 1 heterocycles. The van der Waals surface area contributed by atoms with Crippen LogP contribution in [0.1, 0.15) is 5.56 Å². The van der Waals surface area contributed by atoms with E-state index in [2.05, 4.69) is 4.98 Å². The first-order chi connectivity index (χ1) is 11.7. The minimum atomic E-state index is -0.514. The predicted molar refractivity (Wildman–Crippen MR) is 91.1 cm³/mol. The Morgan fingerprint density at radius 3 is 2.79 bits per heavy atom. The highest BCUT2D eigenvalue weighted by molar-refractivity contribution is 5.92. The summed E-state index contributed by atoms with van der Waals surface area (Å²) in [6, 6.07) is 13.9. The van der Waals surface area contributed by atoms with E-state index < -0.39 is 5.97 Å². The molecule has 0 radical (unpaired) electrons. The van der Waals surface area contributed by atoms with Crippen molar-refractivity contribution < 1.29 is 19.4 Å². The Morgan fingerprint density at radius 2 is 1.96 bits per heavy atom. The third-order valence-electron chi connectivity index (χ3n) is 3.42. The van der Waals surface area contributed by atoms with Gasteiger partial charge in [0.2, 0.25) is 0 Å². The second-order valence-corrected chi connectivity index (χ2v) is 5.02. The average molecular weight is 321 g/mol. The van der Waals surface area contributed by atoms with Gasteiger partial charge in [-0.15, -0.1) is 0 Å². The molecule has 0 saturated carbocycles. The van der Waals surface area contributed by atoms with Crippen LogP contribution in [0, 0.1) is 0 Å². The van der Waals surface area contributed by atoms with Crippen LogP contribution in [0.3, 0.4) is 0 Å². The van der Waals surface area contributed by atoms with Gasteiger partial charge in [-0.25, -0.2) is 4.79 Å². The molecule has 0 atom stereocenters. The number of fused-ring (bicyclic) bond motifs is 1. The maximum atomic E-state index is 12.0. The van der Waals surface area contributed by atoms with E-state index in [1.807, 2.05) is 18.2 Å². The Bertz CT molecular complexity index is 913. The molecule has 1 N–H and O–H groups in total. The van der Waals surface area contributed by atoms with Crippen LogP contribution < -0.4 is 9.47 Å². The van der Waals surface area contributed by atoms with E-state index in [4.69, 9.17) is 9.47 Å². The molecule has 0 fully saturated rings. The maximum absolute atomic E-state index is 12.0. The van der Waals surface area contributed by atoms with Crippen molar-refractivity contribution in [3.63, 3.8) is 0 Å². The molecule has 5 heteroatoms. The fraction of sp³-hybridized carbons (Fsp3) is 0.0526. The molecule has 2 aromatic carbocycles. The number of rotatable bonds is 4. The van der Waals surface area contributed by atoms with Crippen molar-refractivity contribution in [3.05, 3.63) is 66.4 Å². The number of hydrogen-bond donors (Lipinski definition) is 1. The predicted octanol–water partition coefficient (Wildman–Crippen LogP) is 3.57. The Labute approximate surface area is 138 Å². The quantitative estimate of drug-likeness (QED) is 0.452. The summed E-state index contributed by atoms with van der Waals surface area (Å²) < 4.78 is 10.4. The average Bonchev–Trinajstić information content (AvgIpc) is 2.61. The van der Waals surface area contributed by atoms with Gasteiger partial charge in [0, 0.05) is 17.7 Å². The number of ether oxygens (including phenoxy) is 2. The summed E-state index contributed by atoms with van der Waals surface area (Å²) in [5, 5.41) is 10.5. The number of methoxy groups -OCH3 is 1. The SMILES string of the molecule is COc1cc(/C=C/C(=O)Oc2cccc3cccnc23)ccc1O. The minimum Gasteiger partial charge on any atom is -0.504 e. The monoisotopic (exact) mass is 321 g/mol. The topological polar surface area (TPSA) is 68.7 Å². The largest absolute Gasteiger partial charge is 0.504 e. The molecule has 0 aliphatic carbocycles. The van der Waals surface area contributed by atoms with E-state index in [0.29, 0.717) is 22.6 Å². The van der Waals surface area contributed by atoms with Crippen molar-refractivity contribution in [2.75, 3.05) is 7.11 Å². The zero-order valence-electron chi connectivity index (χ0n) is 13.0. The van der Waals surface area contributed by atoms with Gasteiger partial charge in [-0.1, -0.05) is 24.3 Å². The van der Waals surface area contributed by atoms with Gasteiger partial charge in [0.1, 0.15) is 5.52 Å². The van der Waals surface area contributed by atoms with Gasteiger partial charge in [-0.3, -0.25) is 4.98 Å². The first kappa shape index (κ1) is 15.6. The smallest absolute Gasteiger partial charge is 0.336 e. The zero-order chi connectivity index (χ0) is 16.9. The Balaban J connectivity index is 1.78. The number of aromatic hydroxyl groups is 1. The van der Waals surface area contributed by atoms with Crippen LogP contribution in [0.25, 0.3) is 17.0 Å². The lowest BCUT2D eigenvalue weighted by Gasteiger charge is -2.05. The first-order valence-corrected chi connectivity index (χ1v) is 7.28. The molecule has 0 spiro atoms. The van der Waals surface area contributed by atoms with Crippen LogP contribution in [0.15, 0.2) is 60.8 Å². The molecule has 1 aromatic heterocycles. The molecule has 0 aliphatic heterocycles. The fourth-order valence-electron chi connectivity index (χ4n) is 2.26. The van der Waals surface area contributed by atoms with E-state index in [0.717, 1.165) is 5.39 Å². The highest BCUT2D eigenvalue weighted by atomic mass is 16.5. The number of phenols is 1. The first-order valence-electron chi connectivity index (χ1n) is 7.28. The number of carbonyl (C=O) groups excluding carboxylic acids is 1. The third kappa shape index (κ3) is 3.35. The number of pyridine rings is 1. The lowest BCUT2D eigenvalue weighted by atomic mass is 10.2. The molecule has 0 bridgehead atoms. The molecule has 3 rings (SSSR count). The summed E-state index contributed by atoms with van der Waals surface area (Å²) in [5.74, 6) is 0.272. The van der Waals surface area contributed by atoms with Crippen molar-refractivity contribution in [1.29, 1.82) is 0 Å². The summed E-state index contributed by atoms with van der Waals surface area (Å²) >= 11 is 0. The molecule has 3 aromatic rings. The van der Waals surface area contributed by atoms with Crippen molar-refractivity contribution in [2.24, 2.45) is 0 Å². The van der Waals surface area contributed by atoms with E-state index in [-0.39, 0.29) is 5.75 Å². The van der Waals surface area contributed by atoms with Crippen LogP contribution in [0.5, 0.6) is 17.2 Å². The second kappa shape index (κ2) is 6.83. The third-order valence-corrected chi connectivity index (χ3v) is 3.42. The summed E-state index contributed by atoms with van der Waals surface area (Å²) in [7, 11) is 1.46. The number of phenolic OH excluding ortho intramolecular Hbond substituents is 1. The van der Waals surface area contributed by atoms with E-state index in [1.165, 1.54) is 19.3 Å². The van der Waals surface area contributed by atoms with Crippen molar-refractivity contribution in [2.45, 2.75) is 0 Å². The molecule has 0 unspecified atom stereocenters. The summed E-state index contributed by atoms with van der Waals surface area (Å²) in [6.07, 6.45) is 4.55. The van der Waals surface area contributed by atoms with Crippen LogP contribution in [-0.4, -0.2) is 23.2 Å². The van der Waals surface area contributed by atoms with Gasteiger partial charge in [-0.05, 0) is 35.9 Å². The van der Waals surface area contributed by atoms with Crippen LogP contribution in [0.4, 0.5) is 0 Å². The number of hydrogen-bond acceptors (Lipinski definition) is 5. The molecule has 5 nitrogen and oxygen atoms in total. The molecular formula is C19H15NO4. The minimum absolute atomic E-state index is 0.0408. The van der Waals surface area contributed by atoms with Gasteiger partial charge in [-0.2, -0.15) is 0 Å². The summed E-state index contributed by atoms with van der Waals surface area (Å²) in [5.41, 5.74) is 1.34. The van der Waals surface area contributed by atoms with Gasteiger partial charge in [0.25, 0.3) is 0 Å². The normalized spacial score (nSPS) is 10.9. The number of benzene rings is 2. The van der Waals surface area contributed by atoms with E-state index in [9.17, 15) is 9.90 Å². The van der Waals surface area contributed by atoms with Gasteiger partial charge in [0.05, 0.1) is 7.11 Å². The van der Waals surface area contributed by atoms with Crippen molar-refractivity contribution in [3.8, 4) is 17.2 Å². The molecule has 24 heavy (non-hydrogen) atoms. The highest BCUT2D eigenvalue weighted by Gasteiger charge is 2.07. The van der Waals surface area contributed by atoms with Gasteiger partial charge in [0.15, 0.2) is 17.2 Å². The van der Waals surface area contributed by atoms with E-state index in [1.54, 1.807) is 36.5 Å². The summed E-state index contributed by atoms with van der Waals surface area (Å²) in [6.45, 7) is 0. The summed E-state index contributed by atoms with van der Waals surface area (Å²) in [4.78, 5) is 16.3. The fourth-order valence-corrected chi connectivity index (χ4v) is 2.26. The van der Waals surface area contributed by atoms with Crippen molar-refractivity contribution in [1.82, 2.24) is 4.98 Å². The molecule has 0 aliphatic rings. The lowest BCUT2D eigenvalue weighted by molar-refractivity contribution is -0.128. The number of nitrogens with zero attached hydrogens (tertiary/aromatic N) is 1. The Kier molecular flexibility index (Phi) is 4.43. The van der Waals surface area contributed by atoms with Crippen LogP contribution in [0.2, 0.25) is 0 Å². The molecule has 0 amide bonds. The number of esters is 1. The van der Waals surface area contributed by atoms with E-state index >= 15 is 0 Å². The van der Waals surface area contributed by atoms with Gasteiger partial charge < -0.3 is 14.6 Å². The maximum Gasteiger partial charge on any atom is 0.336 e. The lowest BCUT2D eigenvalue weighted by Crippen LogP contribution is -2.04. The molecule has 120 valence electrons. The van der Waals surface area contributed by atoms with Crippen molar-refractivity contribution >= 4 is 22.9 Å². The molecular weight excluding hydrogens is 306 g/mol. The highest BCUT2D eigenvalue weighted by Crippen LogP contribution is 2.27. The number of para-hydroxylation sites is 1. The Hall–Kier alpha value is -3.34. The van der Waals surface area contributed by atoms with Crippen LogP contribution >= 0.6 is 0 Å². The second-order valence-electron chi connectivity index (χ2n) is 5.02. The molecule has 0 saturated heterocycles.